The number of aliphatic hydroxyl groups is 1. The van der Waals surface area contributed by atoms with Crippen LogP contribution >= 0.6 is 0 Å². The number of nitrogens with zero attached hydrogens (tertiary/aromatic N) is 4. The zero-order valence-corrected chi connectivity index (χ0v) is 14.5. The van der Waals surface area contributed by atoms with Crippen molar-refractivity contribution >= 4 is 16.9 Å². The number of pyridine rings is 1. The number of hydrogen-bond donors (Lipinski definition) is 2. The lowest BCUT2D eigenvalue weighted by atomic mass is 10.1. The van der Waals surface area contributed by atoms with Crippen molar-refractivity contribution in [2.75, 3.05) is 30.4 Å². The molecule has 3 N–H and O–H groups in total. The van der Waals surface area contributed by atoms with Crippen LogP contribution in [0.1, 0.15) is 26.3 Å². The van der Waals surface area contributed by atoms with Crippen LogP contribution < -0.4 is 22.0 Å². The number of rotatable bonds is 4. The van der Waals surface area contributed by atoms with E-state index < -0.39 is 29.2 Å². The lowest BCUT2D eigenvalue weighted by molar-refractivity contribution is 0.175. The minimum atomic E-state index is -1.31. The van der Waals surface area contributed by atoms with Crippen molar-refractivity contribution < 1.29 is 13.9 Å². The van der Waals surface area contributed by atoms with E-state index in [1.165, 1.54) is 9.47 Å². The lowest BCUT2D eigenvalue weighted by Crippen LogP contribution is -2.45. The number of aromatic nitrogens is 3. The second kappa shape index (κ2) is 6.67. The molecule has 2 aromatic heterocycles. The van der Waals surface area contributed by atoms with Crippen LogP contribution in [0.25, 0.3) is 11.0 Å². The average Bonchev–Trinajstić information content (AvgIpc) is 3.00. The molecule has 3 heterocycles. The van der Waals surface area contributed by atoms with E-state index in [0.717, 1.165) is 6.07 Å². The van der Waals surface area contributed by atoms with Crippen molar-refractivity contribution in [2.24, 2.45) is 5.92 Å². The molecule has 8 nitrogen and oxygen atoms in total. The third kappa shape index (κ3) is 2.74. The Balaban J connectivity index is 2.26. The highest BCUT2D eigenvalue weighted by Gasteiger charge is 2.34. The van der Waals surface area contributed by atoms with Gasteiger partial charge in [-0.05, 0) is 19.4 Å². The predicted octanol–water partition coefficient (Wildman–Crippen LogP) is 0.149. The molecule has 0 bridgehead atoms. The van der Waals surface area contributed by atoms with Gasteiger partial charge in [0, 0.05) is 18.5 Å². The standard InChI is InChI=1S/C16H21F2N5O3/c1-3-8(2)22-13-10(15(25)23(19)16(22)26)4-11(17)14(20-13)21-5-9(7-24)12(18)6-21/h4,8-9,12,24H,3,5-7,19H2,1-2H3/t8?,9-,12-/m1/s1. The third-order valence-corrected chi connectivity index (χ3v) is 4.95. The van der Waals surface area contributed by atoms with Crippen molar-refractivity contribution in [1.82, 2.24) is 14.2 Å². The van der Waals surface area contributed by atoms with Crippen molar-refractivity contribution in [2.45, 2.75) is 32.5 Å². The normalized spacial score (nSPS) is 21.5. The molecule has 1 aliphatic heterocycles. The summed E-state index contributed by atoms with van der Waals surface area (Å²) in [5, 5.41) is 9.09. The number of alkyl halides is 1. The average molecular weight is 369 g/mol. The Hall–Kier alpha value is -2.49. The fourth-order valence-corrected chi connectivity index (χ4v) is 3.21. The summed E-state index contributed by atoms with van der Waals surface area (Å²) in [5.41, 5.74) is -1.59. The highest BCUT2D eigenvalue weighted by Crippen LogP contribution is 2.28. The maximum Gasteiger partial charge on any atom is 0.351 e. The molecule has 3 atom stereocenters. The molecule has 1 unspecified atom stereocenters. The number of nitrogen functional groups attached to an aromatic ring is 1. The molecule has 0 aromatic carbocycles. The summed E-state index contributed by atoms with van der Waals surface area (Å²) >= 11 is 0. The van der Waals surface area contributed by atoms with Crippen LogP contribution in [0, 0.1) is 11.7 Å². The van der Waals surface area contributed by atoms with Gasteiger partial charge in [-0.2, -0.15) is 4.68 Å². The summed E-state index contributed by atoms with van der Waals surface area (Å²) in [7, 11) is 0. The Labute approximate surface area is 147 Å². The van der Waals surface area contributed by atoms with Gasteiger partial charge in [0.1, 0.15) is 6.17 Å². The van der Waals surface area contributed by atoms with Gasteiger partial charge < -0.3 is 15.8 Å². The summed E-state index contributed by atoms with van der Waals surface area (Å²) in [5.74, 6) is 3.94. The third-order valence-electron chi connectivity index (χ3n) is 4.95. The number of fused-ring (bicyclic) bond motifs is 1. The fraction of sp³-hybridized carbons (Fsp3) is 0.562. The summed E-state index contributed by atoms with van der Waals surface area (Å²) in [6, 6.07) is 0.644. The fourth-order valence-electron chi connectivity index (χ4n) is 3.21. The monoisotopic (exact) mass is 369 g/mol. The molecule has 1 saturated heterocycles. The molecular weight excluding hydrogens is 348 g/mol. The number of anilines is 1. The predicted molar refractivity (Wildman–Crippen MR) is 93.1 cm³/mol. The van der Waals surface area contributed by atoms with Crippen LogP contribution in [0.15, 0.2) is 15.7 Å². The zero-order chi connectivity index (χ0) is 19.2. The largest absolute Gasteiger partial charge is 0.396 e. The maximum atomic E-state index is 14.6. The van der Waals surface area contributed by atoms with Crippen LogP contribution in [-0.4, -0.2) is 45.2 Å². The van der Waals surface area contributed by atoms with Crippen LogP contribution in [0.5, 0.6) is 0 Å². The summed E-state index contributed by atoms with van der Waals surface area (Å²) in [6.45, 7) is 3.21. The van der Waals surface area contributed by atoms with E-state index in [1.54, 1.807) is 6.92 Å². The van der Waals surface area contributed by atoms with Gasteiger partial charge in [-0.3, -0.25) is 9.36 Å². The van der Waals surface area contributed by atoms with Crippen molar-refractivity contribution in [3.63, 3.8) is 0 Å². The van der Waals surface area contributed by atoms with Crippen LogP contribution in [0.4, 0.5) is 14.6 Å². The van der Waals surface area contributed by atoms with E-state index in [9.17, 15) is 23.5 Å². The van der Waals surface area contributed by atoms with E-state index in [2.05, 4.69) is 4.98 Å². The number of hydrogen-bond acceptors (Lipinski definition) is 6. The molecule has 142 valence electrons. The second-order valence-electron chi connectivity index (χ2n) is 6.61. The Kier molecular flexibility index (Phi) is 4.70. The molecule has 0 spiro atoms. The quantitative estimate of drug-likeness (QED) is 0.743. The topological polar surface area (TPSA) is 106 Å². The Morgan fingerprint density at radius 2 is 2.12 bits per heavy atom. The van der Waals surface area contributed by atoms with E-state index >= 15 is 0 Å². The minimum Gasteiger partial charge on any atom is -0.396 e. The molecule has 10 heteroatoms. The molecule has 26 heavy (non-hydrogen) atoms. The zero-order valence-electron chi connectivity index (χ0n) is 14.5. The van der Waals surface area contributed by atoms with Crippen molar-refractivity contribution in [1.29, 1.82) is 0 Å². The first-order valence-corrected chi connectivity index (χ1v) is 8.42. The lowest BCUT2D eigenvalue weighted by Gasteiger charge is -2.21. The molecule has 0 amide bonds. The molecule has 3 rings (SSSR count). The molecule has 1 fully saturated rings. The van der Waals surface area contributed by atoms with Crippen molar-refractivity contribution in [3.05, 3.63) is 32.7 Å². The van der Waals surface area contributed by atoms with Crippen LogP contribution in [0.2, 0.25) is 0 Å². The van der Waals surface area contributed by atoms with Crippen LogP contribution in [0.3, 0.4) is 0 Å². The molecular formula is C16H21F2N5O3. The molecule has 2 aromatic rings. The molecule has 0 saturated carbocycles. The summed E-state index contributed by atoms with van der Waals surface area (Å²) in [6.07, 6.45) is -0.754. The second-order valence-corrected chi connectivity index (χ2v) is 6.61. The molecule has 0 radical (unpaired) electrons. The first kappa shape index (κ1) is 18.3. The van der Waals surface area contributed by atoms with E-state index in [0.29, 0.717) is 11.1 Å². The van der Waals surface area contributed by atoms with Gasteiger partial charge >= 0.3 is 5.69 Å². The molecule has 0 aliphatic carbocycles. The van der Waals surface area contributed by atoms with Crippen LogP contribution in [-0.2, 0) is 0 Å². The Morgan fingerprint density at radius 1 is 1.42 bits per heavy atom. The Morgan fingerprint density at radius 3 is 2.69 bits per heavy atom. The minimum absolute atomic E-state index is 0.00954. The molecule has 1 aliphatic rings. The first-order chi connectivity index (χ1) is 12.3. The number of halogens is 2. The summed E-state index contributed by atoms with van der Waals surface area (Å²) < 4.78 is 30.2. The van der Waals surface area contributed by atoms with Gasteiger partial charge in [0.2, 0.25) is 0 Å². The Bertz CT molecular complexity index is 958. The van der Waals surface area contributed by atoms with Gasteiger partial charge in [0.25, 0.3) is 5.56 Å². The SMILES string of the molecule is CCC(C)n1c(=O)n(N)c(=O)c2cc(F)c(N3C[C@H](CO)[C@H](F)C3)nc21. The number of nitrogens with two attached hydrogens (primary N) is 1. The van der Waals surface area contributed by atoms with Crippen molar-refractivity contribution in [3.8, 4) is 0 Å². The highest BCUT2D eigenvalue weighted by atomic mass is 19.1. The smallest absolute Gasteiger partial charge is 0.351 e. The summed E-state index contributed by atoms with van der Waals surface area (Å²) in [4.78, 5) is 30.3. The van der Waals surface area contributed by atoms with Gasteiger partial charge in [0.15, 0.2) is 17.3 Å². The first-order valence-electron chi connectivity index (χ1n) is 8.42. The maximum absolute atomic E-state index is 14.6. The van der Waals surface area contributed by atoms with Gasteiger partial charge in [0.05, 0.1) is 18.5 Å². The van der Waals surface area contributed by atoms with E-state index in [1.807, 2.05) is 6.92 Å². The van der Waals surface area contributed by atoms with E-state index in [4.69, 9.17) is 5.84 Å². The number of aliphatic hydroxyl groups excluding tert-OH is 1. The van der Waals surface area contributed by atoms with Gasteiger partial charge in [-0.25, -0.2) is 18.6 Å². The van der Waals surface area contributed by atoms with Gasteiger partial charge in [-0.1, -0.05) is 6.92 Å². The van der Waals surface area contributed by atoms with Gasteiger partial charge in [-0.15, -0.1) is 0 Å². The highest BCUT2D eigenvalue weighted by molar-refractivity contribution is 5.76. The van der Waals surface area contributed by atoms with E-state index in [-0.39, 0.29) is 42.6 Å².